The van der Waals surface area contributed by atoms with Crippen LogP contribution in [0.25, 0.3) is 0 Å². The van der Waals surface area contributed by atoms with Gasteiger partial charge in [0.15, 0.2) is 6.04 Å². The smallest absolute Gasteiger partial charge is 0.407 e. The van der Waals surface area contributed by atoms with Crippen molar-refractivity contribution in [2.75, 3.05) is 7.11 Å². The standard InChI is InChI=1S/C10H10FNO4/c1-16-10(15)12-8(9(13)14)6-2-4-7(11)5-3-6/h2-5,8H,1H3,(H,12,15)(H,13,14). The number of methoxy groups -OCH3 is 1. The molecule has 0 aromatic heterocycles. The third-order valence-corrected chi connectivity index (χ3v) is 1.90. The van der Waals surface area contributed by atoms with E-state index in [0.29, 0.717) is 0 Å². The number of hydrogen-bond donors (Lipinski definition) is 2. The molecule has 0 aliphatic carbocycles. The molecule has 0 spiro atoms. The molecule has 0 saturated heterocycles. The van der Waals surface area contributed by atoms with E-state index < -0.39 is 23.9 Å². The number of halogens is 1. The number of carbonyl (C=O) groups is 2. The van der Waals surface area contributed by atoms with E-state index in [1.54, 1.807) is 0 Å². The monoisotopic (exact) mass is 227 g/mol. The van der Waals surface area contributed by atoms with Gasteiger partial charge >= 0.3 is 12.1 Å². The van der Waals surface area contributed by atoms with Gasteiger partial charge in [-0.1, -0.05) is 12.1 Å². The van der Waals surface area contributed by atoms with Gasteiger partial charge in [-0.25, -0.2) is 14.0 Å². The molecule has 1 amide bonds. The first-order valence-electron chi connectivity index (χ1n) is 4.37. The van der Waals surface area contributed by atoms with Gasteiger partial charge in [0.25, 0.3) is 0 Å². The number of alkyl carbamates (subject to hydrolysis) is 1. The summed E-state index contributed by atoms with van der Waals surface area (Å²) in [4.78, 5) is 21.8. The second kappa shape index (κ2) is 5.11. The van der Waals surface area contributed by atoms with Gasteiger partial charge in [0, 0.05) is 0 Å². The van der Waals surface area contributed by atoms with Crippen molar-refractivity contribution in [3.05, 3.63) is 35.6 Å². The Morgan fingerprint density at radius 1 is 1.38 bits per heavy atom. The fraction of sp³-hybridized carbons (Fsp3) is 0.200. The Kier molecular flexibility index (Phi) is 3.82. The summed E-state index contributed by atoms with van der Waals surface area (Å²) in [6.07, 6.45) is -0.864. The van der Waals surface area contributed by atoms with E-state index in [4.69, 9.17) is 5.11 Å². The number of carbonyl (C=O) groups excluding carboxylic acids is 1. The molecular formula is C10H10FNO4. The van der Waals surface area contributed by atoms with Gasteiger partial charge in [0.1, 0.15) is 5.82 Å². The van der Waals surface area contributed by atoms with Crippen LogP contribution in [0, 0.1) is 5.82 Å². The van der Waals surface area contributed by atoms with Gasteiger partial charge in [-0.3, -0.25) is 0 Å². The molecule has 1 unspecified atom stereocenters. The van der Waals surface area contributed by atoms with E-state index in [1.165, 1.54) is 12.1 Å². The Labute approximate surface area is 90.8 Å². The minimum absolute atomic E-state index is 0.263. The Hall–Kier alpha value is -2.11. The molecule has 1 aromatic rings. The lowest BCUT2D eigenvalue weighted by atomic mass is 10.1. The maximum absolute atomic E-state index is 12.6. The predicted molar refractivity (Wildman–Crippen MR) is 52.3 cm³/mol. The molecule has 86 valence electrons. The van der Waals surface area contributed by atoms with Gasteiger partial charge in [0.05, 0.1) is 7.11 Å². The molecule has 0 saturated carbocycles. The van der Waals surface area contributed by atoms with Crippen molar-refractivity contribution in [2.45, 2.75) is 6.04 Å². The summed E-state index contributed by atoms with van der Waals surface area (Å²) in [5.41, 5.74) is 0.263. The number of hydrogen-bond acceptors (Lipinski definition) is 3. The summed E-state index contributed by atoms with van der Waals surface area (Å²) in [6, 6.07) is 3.54. The summed E-state index contributed by atoms with van der Waals surface area (Å²) >= 11 is 0. The highest BCUT2D eigenvalue weighted by molar-refractivity contribution is 5.81. The number of carboxylic acids is 1. The molecule has 0 aliphatic heterocycles. The van der Waals surface area contributed by atoms with E-state index in [2.05, 4.69) is 10.1 Å². The van der Waals surface area contributed by atoms with Gasteiger partial charge in [0.2, 0.25) is 0 Å². The van der Waals surface area contributed by atoms with Crippen molar-refractivity contribution in [3.63, 3.8) is 0 Å². The Morgan fingerprint density at radius 3 is 2.38 bits per heavy atom. The van der Waals surface area contributed by atoms with E-state index in [0.717, 1.165) is 19.2 Å². The second-order valence-corrected chi connectivity index (χ2v) is 2.96. The zero-order chi connectivity index (χ0) is 12.1. The first-order chi connectivity index (χ1) is 7.54. The predicted octanol–water partition coefficient (Wildman–Crippen LogP) is 1.31. The van der Waals surface area contributed by atoms with Crippen LogP contribution in [0.4, 0.5) is 9.18 Å². The van der Waals surface area contributed by atoms with E-state index >= 15 is 0 Å². The highest BCUT2D eigenvalue weighted by atomic mass is 19.1. The molecule has 1 atom stereocenters. The molecule has 5 nitrogen and oxygen atoms in total. The number of nitrogens with one attached hydrogen (secondary N) is 1. The maximum Gasteiger partial charge on any atom is 0.407 e. The van der Waals surface area contributed by atoms with Crippen LogP contribution in [-0.4, -0.2) is 24.3 Å². The van der Waals surface area contributed by atoms with E-state index in [-0.39, 0.29) is 5.56 Å². The van der Waals surface area contributed by atoms with Crippen LogP contribution in [0.15, 0.2) is 24.3 Å². The van der Waals surface area contributed by atoms with Crippen LogP contribution in [0.5, 0.6) is 0 Å². The molecule has 0 radical (unpaired) electrons. The molecule has 16 heavy (non-hydrogen) atoms. The van der Waals surface area contributed by atoms with Crippen LogP contribution in [0.1, 0.15) is 11.6 Å². The third kappa shape index (κ3) is 2.94. The fourth-order valence-electron chi connectivity index (χ4n) is 1.12. The van der Waals surface area contributed by atoms with Crippen LogP contribution < -0.4 is 5.32 Å². The van der Waals surface area contributed by atoms with Crippen molar-refractivity contribution in [2.24, 2.45) is 0 Å². The zero-order valence-electron chi connectivity index (χ0n) is 8.44. The lowest BCUT2D eigenvalue weighted by Gasteiger charge is -2.13. The largest absolute Gasteiger partial charge is 0.479 e. The topological polar surface area (TPSA) is 75.6 Å². The lowest BCUT2D eigenvalue weighted by Crippen LogP contribution is -2.33. The third-order valence-electron chi connectivity index (χ3n) is 1.90. The molecule has 2 N–H and O–H groups in total. The molecule has 1 rings (SSSR count). The fourth-order valence-corrected chi connectivity index (χ4v) is 1.12. The highest BCUT2D eigenvalue weighted by Gasteiger charge is 2.22. The summed E-state index contributed by atoms with van der Waals surface area (Å²) in [7, 11) is 1.12. The molecule has 0 aliphatic rings. The molecule has 0 bridgehead atoms. The van der Waals surface area contributed by atoms with Gasteiger partial charge < -0.3 is 15.2 Å². The average molecular weight is 227 g/mol. The van der Waals surface area contributed by atoms with Crippen LogP contribution >= 0.6 is 0 Å². The van der Waals surface area contributed by atoms with Crippen molar-refractivity contribution in [1.82, 2.24) is 5.32 Å². The number of amides is 1. The Balaban J connectivity index is 2.89. The van der Waals surface area contributed by atoms with E-state index in [9.17, 15) is 14.0 Å². The summed E-state index contributed by atoms with van der Waals surface area (Å²) in [5.74, 6) is -1.73. The SMILES string of the molecule is COC(=O)NC(C(=O)O)c1ccc(F)cc1. The van der Waals surface area contributed by atoms with Crippen molar-refractivity contribution in [1.29, 1.82) is 0 Å². The van der Waals surface area contributed by atoms with Crippen LogP contribution in [0.2, 0.25) is 0 Å². The first kappa shape index (κ1) is 12.0. The molecular weight excluding hydrogens is 217 g/mol. The van der Waals surface area contributed by atoms with Crippen LogP contribution in [0.3, 0.4) is 0 Å². The number of carboxylic acid groups (broad SMARTS) is 1. The molecule has 0 fully saturated rings. The normalized spacial score (nSPS) is 11.6. The zero-order valence-corrected chi connectivity index (χ0v) is 8.44. The number of rotatable bonds is 3. The van der Waals surface area contributed by atoms with Gasteiger partial charge in [-0.05, 0) is 17.7 Å². The number of benzene rings is 1. The van der Waals surface area contributed by atoms with E-state index in [1.807, 2.05) is 0 Å². The molecule has 6 heteroatoms. The van der Waals surface area contributed by atoms with Gasteiger partial charge in [-0.2, -0.15) is 0 Å². The molecule has 0 heterocycles. The quantitative estimate of drug-likeness (QED) is 0.816. The lowest BCUT2D eigenvalue weighted by molar-refractivity contribution is -0.139. The van der Waals surface area contributed by atoms with Crippen molar-refractivity contribution >= 4 is 12.1 Å². The first-order valence-corrected chi connectivity index (χ1v) is 4.37. The highest BCUT2D eigenvalue weighted by Crippen LogP contribution is 2.14. The minimum atomic E-state index is -1.26. The second-order valence-electron chi connectivity index (χ2n) is 2.96. The summed E-state index contributed by atoms with van der Waals surface area (Å²) < 4.78 is 16.9. The summed E-state index contributed by atoms with van der Waals surface area (Å²) in [6.45, 7) is 0. The van der Waals surface area contributed by atoms with Crippen LogP contribution in [-0.2, 0) is 9.53 Å². The number of aliphatic carboxylic acids is 1. The summed E-state index contributed by atoms with van der Waals surface area (Å²) in [5, 5.41) is 11.0. The van der Waals surface area contributed by atoms with Gasteiger partial charge in [-0.15, -0.1) is 0 Å². The molecule has 1 aromatic carbocycles. The Bertz CT molecular complexity index is 390. The maximum atomic E-state index is 12.6. The Morgan fingerprint density at radius 2 is 1.94 bits per heavy atom. The van der Waals surface area contributed by atoms with Crippen molar-refractivity contribution < 1.29 is 23.8 Å². The average Bonchev–Trinajstić information content (AvgIpc) is 2.26. The minimum Gasteiger partial charge on any atom is -0.479 e. The van der Waals surface area contributed by atoms with Crippen molar-refractivity contribution in [3.8, 4) is 0 Å². The number of ether oxygens (including phenoxy) is 1.